The summed E-state index contributed by atoms with van der Waals surface area (Å²) >= 11 is 7.42. The molecule has 0 aliphatic heterocycles. The lowest BCUT2D eigenvalue weighted by atomic mass is 10.0. The Morgan fingerprint density at radius 2 is 1.90 bits per heavy atom. The molecule has 1 aliphatic carbocycles. The summed E-state index contributed by atoms with van der Waals surface area (Å²) in [6.45, 7) is 0. The maximum Gasteiger partial charge on any atom is 0.123 e. The lowest BCUT2D eigenvalue weighted by Gasteiger charge is -2.15. The smallest absolute Gasteiger partial charge is 0.123 e. The lowest BCUT2D eigenvalue weighted by molar-refractivity contribution is 0.408. The lowest BCUT2D eigenvalue weighted by Crippen LogP contribution is -1.98. The first kappa shape index (κ1) is 14.2. The van der Waals surface area contributed by atoms with Crippen LogP contribution in [-0.2, 0) is 0 Å². The molecule has 1 fully saturated rings. The Hall–Kier alpha value is -0.800. The van der Waals surface area contributed by atoms with Crippen LogP contribution in [-0.4, -0.2) is 7.11 Å². The third-order valence-electron chi connectivity index (χ3n) is 3.93. The van der Waals surface area contributed by atoms with Crippen LogP contribution in [0.2, 0.25) is 0 Å². The van der Waals surface area contributed by atoms with Crippen molar-refractivity contribution in [2.45, 2.75) is 17.2 Å². The van der Waals surface area contributed by atoms with Crippen LogP contribution in [0.3, 0.4) is 0 Å². The predicted molar refractivity (Wildman–Crippen MR) is 89.7 cm³/mol. The fourth-order valence-electron chi connectivity index (χ4n) is 2.77. The molecule has 0 heterocycles. The monoisotopic (exact) mass is 394 g/mol. The molecule has 0 amide bonds. The highest BCUT2D eigenvalue weighted by atomic mass is 79.9. The van der Waals surface area contributed by atoms with Gasteiger partial charge in [-0.15, -0.1) is 0 Å². The van der Waals surface area contributed by atoms with Gasteiger partial charge in [0.05, 0.1) is 7.11 Å². The molecule has 1 saturated carbocycles. The van der Waals surface area contributed by atoms with Gasteiger partial charge in [0.25, 0.3) is 0 Å². The van der Waals surface area contributed by atoms with Crippen molar-refractivity contribution in [2.24, 2.45) is 5.92 Å². The molecule has 2 aromatic rings. The first-order valence-electron chi connectivity index (χ1n) is 6.73. The van der Waals surface area contributed by atoms with Gasteiger partial charge in [0.15, 0.2) is 0 Å². The van der Waals surface area contributed by atoms with Crippen LogP contribution in [0.1, 0.15) is 28.3 Å². The third kappa shape index (κ3) is 2.79. The van der Waals surface area contributed by atoms with Gasteiger partial charge in [0.1, 0.15) is 5.75 Å². The van der Waals surface area contributed by atoms with Gasteiger partial charge in [-0.25, -0.2) is 0 Å². The van der Waals surface area contributed by atoms with E-state index >= 15 is 0 Å². The fraction of sp³-hybridized carbons (Fsp3) is 0.294. The second-order valence-corrected chi connectivity index (χ2v) is 7.11. The minimum absolute atomic E-state index is 0.333. The molecule has 0 aromatic heterocycles. The van der Waals surface area contributed by atoms with Gasteiger partial charge < -0.3 is 4.74 Å². The Morgan fingerprint density at radius 1 is 1.15 bits per heavy atom. The molecular formula is C17H16Br2O. The average Bonchev–Trinajstić information content (AvgIpc) is 3.28. The largest absolute Gasteiger partial charge is 0.496 e. The molecular weight excluding hydrogens is 380 g/mol. The molecule has 3 heteroatoms. The molecule has 1 nitrogen and oxygen atoms in total. The predicted octanol–water partition coefficient (Wildman–Crippen LogP) is 5.70. The molecule has 0 radical (unpaired) electrons. The maximum absolute atomic E-state index is 5.49. The molecule has 0 bridgehead atoms. The van der Waals surface area contributed by atoms with Gasteiger partial charge in [-0.3, -0.25) is 0 Å². The van der Waals surface area contributed by atoms with Gasteiger partial charge in [0, 0.05) is 14.9 Å². The topological polar surface area (TPSA) is 9.23 Å². The van der Waals surface area contributed by atoms with Gasteiger partial charge in [-0.05, 0) is 42.0 Å². The second-order valence-electron chi connectivity index (χ2n) is 5.20. The first-order valence-corrected chi connectivity index (χ1v) is 8.44. The Labute approximate surface area is 136 Å². The number of benzene rings is 2. The molecule has 3 rings (SSSR count). The Balaban J connectivity index is 1.81. The van der Waals surface area contributed by atoms with E-state index in [1.54, 1.807) is 7.11 Å². The van der Waals surface area contributed by atoms with Crippen molar-refractivity contribution < 1.29 is 4.74 Å². The maximum atomic E-state index is 5.49. The molecule has 20 heavy (non-hydrogen) atoms. The molecule has 104 valence electrons. The number of hydrogen-bond donors (Lipinski definition) is 0. The van der Waals surface area contributed by atoms with Crippen molar-refractivity contribution in [3.05, 3.63) is 64.1 Å². The van der Waals surface area contributed by atoms with Gasteiger partial charge in [-0.1, -0.05) is 62.2 Å². The quantitative estimate of drug-likeness (QED) is 0.603. The summed E-state index contributed by atoms with van der Waals surface area (Å²) in [4.78, 5) is 0.333. The number of rotatable bonds is 4. The zero-order valence-electron chi connectivity index (χ0n) is 11.2. The van der Waals surface area contributed by atoms with Crippen molar-refractivity contribution in [3.8, 4) is 5.75 Å². The fourth-order valence-corrected chi connectivity index (χ4v) is 4.09. The summed E-state index contributed by atoms with van der Waals surface area (Å²) in [7, 11) is 1.73. The summed E-state index contributed by atoms with van der Waals surface area (Å²) in [6, 6.07) is 17.0. The van der Waals surface area contributed by atoms with E-state index in [1.807, 2.05) is 12.1 Å². The highest BCUT2D eigenvalue weighted by Gasteiger charge is 2.44. The van der Waals surface area contributed by atoms with Crippen molar-refractivity contribution in [3.63, 3.8) is 0 Å². The van der Waals surface area contributed by atoms with Crippen molar-refractivity contribution in [2.75, 3.05) is 7.11 Å². The summed E-state index contributed by atoms with van der Waals surface area (Å²) in [5.74, 6) is 2.25. The average molecular weight is 396 g/mol. The highest BCUT2D eigenvalue weighted by Crippen LogP contribution is 2.58. The molecule has 1 aliphatic rings. The normalized spacial score (nSPS) is 22.4. The zero-order chi connectivity index (χ0) is 14.1. The van der Waals surface area contributed by atoms with E-state index in [9.17, 15) is 0 Å². The first-order chi connectivity index (χ1) is 9.70. The van der Waals surface area contributed by atoms with E-state index in [0.717, 1.165) is 10.2 Å². The number of methoxy groups -OCH3 is 1. The minimum Gasteiger partial charge on any atom is -0.496 e. The van der Waals surface area contributed by atoms with E-state index in [2.05, 4.69) is 68.3 Å². The minimum atomic E-state index is 0.333. The van der Waals surface area contributed by atoms with Crippen LogP contribution in [0.25, 0.3) is 0 Å². The second kappa shape index (κ2) is 5.90. The van der Waals surface area contributed by atoms with Gasteiger partial charge in [0.2, 0.25) is 0 Å². The van der Waals surface area contributed by atoms with Crippen LogP contribution in [0.4, 0.5) is 0 Å². The van der Waals surface area contributed by atoms with Crippen LogP contribution in [0.15, 0.2) is 53.0 Å². The van der Waals surface area contributed by atoms with E-state index in [4.69, 9.17) is 4.74 Å². The highest BCUT2D eigenvalue weighted by molar-refractivity contribution is 9.10. The van der Waals surface area contributed by atoms with Crippen LogP contribution < -0.4 is 4.74 Å². The van der Waals surface area contributed by atoms with E-state index in [1.165, 1.54) is 17.5 Å². The van der Waals surface area contributed by atoms with Crippen LogP contribution in [0.5, 0.6) is 5.75 Å². The van der Waals surface area contributed by atoms with Crippen molar-refractivity contribution in [1.29, 1.82) is 0 Å². The van der Waals surface area contributed by atoms with Crippen LogP contribution in [0, 0.1) is 5.92 Å². The number of ether oxygens (including phenoxy) is 1. The van der Waals surface area contributed by atoms with Crippen molar-refractivity contribution >= 4 is 31.9 Å². The van der Waals surface area contributed by atoms with Crippen LogP contribution >= 0.6 is 31.9 Å². The standard InChI is InChI=1S/C17H16Br2O/c1-20-16-8-7-12(18)9-15(16)17(19)14-10-13(14)11-5-3-2-4-6-11/h2-9,13-14,17H,10H2,1H3. The molecule has 0 spiro atoms. The number of alkyl halides is 1. The van der Waals surface area contributed by atoms with Gasteiger partial charge in [-0.2, -0.15) is 0 Å². The van der Waals surface area contributed by atoms with Gasteiger partial charge >= 0.3 is 0 Å². The molecule has 2 aromatic carbocycles. The summed E-state index contributed by atoms with van der Waals surface area (Å²) in [5.41, 5.74) is 2.67. The number of hydrogen-bond acceptors (Lipinski definition) is 1. The van der Waals surface area contributed by atoms with E-state index in [0.29, 0.717) is 16.7 Å². The summed E-state index contributed by atoms with van der Waals surface area (Å²) < 4.78 is 6.58. The Morgan fingerprint density at radius 3 is 2.60 bits per heavy atom. The molecule has 3 unspecified atom stereocenters. The van der Waals surface area contributed by atoms with E-state index < -0.39 is 0 Å². The van der Waals surface area contributed by atoms with Crippen molar-refractivity contribution in [1.82, 2.24) is 0 Å². The molecule has 0 N–H and O–H groups in total. The SMILES string of the molecule is COc1ccc(Br)cc1C(Br)C1CC1c1ccccc1. The van der Waals surface area contributed by atoms with E-state index in [-0.39, 0.29) is 0 Å². The molecule has 0 saturated heterocycles. The molecule has 3 atom stereocenters. The zero-order valence-corrected chi connectivity index (χ0v) is 14.4. The number of halogens is 2. The Bertz CT molecular complexity index is 597. The Kier molecular flexibility index (Phi) is 4.18. The summed E-state index contributed by atoms with van der Waals surface area (Å²) in [5, 5.41) is 0. The summed E-state index contributed by atoms with van der Waals surface area (Å²) in [6.07, 6.45) is 1.23. The third-order valence-corrected chi connectivity index (χ3v) is 5.60.